The van der Waals surface area contributed by atoms with Crippen molar-refractivity contribution in [3.8, 4) is 0 Å². The lowest BCUT2D eigenvalue weighted by Gasteiger charge is -2.17. The minimum absolute atomic E-state index is 0.233. The summed E-state index contributed by atoms with van der Waals surface area (Å²) < 4.78 is 2.03. The summed E-state index contributed by atoms with van der Waals surface area (Å²) in [5.74, 6) is 0. The SMILES string of the molecule is CCC(O)CNC(C)c1c(C)nn(CC)c1C. The second-order valence-corrected chi connectivity index (χ2v) is 4.59. The number of aryl methyl sites for hydroxylation is 2. The van der Waals surface area contributed by atoms with Gasteiger partial charge in [-0.05, 0) is 34.1 Å². The number of aromatic nitrogens is 2. The zero-order chi connectivity index (χ0) is 13.0. The molecule has 0 spiro atoms. The highest BCUT2D eigenvalue weighted by atomic mass is 16.3. The molecule has 17 heavy (non-hydrogen) atoms. The van der Waals surface area contributed by atoms with Crippen LogP contribution in [0, 0.1) is 13.8 Å². The van der Waals surface area contributed by atoms with Gasteiger partial charge in [-0.15, -0.1) is 0 Å². The van der Waals surface area contributed by atoms with Gasteiger partial charge in [0, 0.05) is 30.4 Å². The highest BCUT2D eigenvalue weighted by molar-refractivity contribution is 5.27. The second kappa shape index (κ2) is 6.17. The summed E-state index contributed by atoms with van der Waals surface area (Å²) in [6, 6.07) is 0.233. The summed E-state index contributed by atoms with van der Waals surface area (Å²) in [6.07, 6.45) is 0.519. The molecule has 2 N–H and O–H groups in total. The van der Waals surface area contributed by atoms with E-state index >= 15 is 0 Å². The Balaban J connectivity index is 2.74. The van der Waals surface area contributed by atoms with E-state index in [1.54, 1.807) is 0 Å². The van der Waals surface area contributed by atoms with Crippen LogP contribution in [0.15, 0.2) is 0 Å². The van der Waals surface area contributed by atoms with E-state index in [1.165, 1.54) is 11.3 Å². The highest BCUT2D eigenvalue weighted by Gasteiger charge is 2.17. The van der Waals surface area contributed by atoms with Crippen molar-refractivity contribution < 1.29 is 5.11 Å². The smallest absolute Gasteiger partial charge is 0.0662 e. The minimum atomic E-state index is -0.265. The van der Waals surface area contributed by atoms with Crippen molar-refractivity contribution >= 4 is 0 Å². The first kappa shape index (κ1) is 14.2. The van der Waals surface area contributed by atoms with E-state index in [0.717, 1.165) is 18.7 Å². The van der Waals surface area contributed by atoms with Crippen LogP contribution in [0.5, 0.6) is 0 Å². The molecule has 1 heterocycles. The van der Waals surface area contributed by atoms with Gasteiger partial charge in [0.25, 0.3) is 0 Å². The van der Waals surface area contributed by atoms with Crippen molar-refractivity contribution in [2.75, 3.05) is 6.54 Å². The predicted octanol–water partition coefficient (Wildman–Crippen LogP) is 1.94. The number of aliphatic hydroxyl groups is 1. The monoisotopic (exact) mass is 239 g/mol. The summed E-state index contributed by atoms with van der Waals surface area (Å²) in [6.45, 7) is 11.9. The van der Waals surface area contributed by atoms with E-state index in [9.17, 15) is 5.11 Å². The number of hydrogen-bond acceptors (Lipinski definition) is 3. The van der Waals surface area contributed by atoms with Crippen LogP contribution in [-0.4, -0.2) is 27.5 Å². The van der Waals surface area contributed by atoms with Crippen LogP contribution in [0.3, 0.4) is 0 Å². The van der Waals surface area contributed by atoms with E-state index in [4.69, 9.17) is 0 Å². The maximum Gasteiger partial charge on any atom is 0.0662 e. The van der Waals surface area contributed by atoms with Crippen LogP contribution in [0.1, 0.15) is 50.2 Å². The van der Waals surface area contributed by atoms with Crippen molar-refractivity contribution in [2.24, 2.45) is 0 Å². The fraction of sp³-hybridized carbons (Fsp3) is 0.769. The van der Waals surface area contributed by atoms with Gasteiger partial charge in [0.05, 0.1) is 11.8 Å². The van der Waals surface area contributed by atoms with Gasteiger partial charge in [-0.3, -0.25) is 4.68 Å². The molecule has 0 aliphatic heterocycles. The van der Waals surface area contributed by atoms with E-state index in [2.05, 4.69) is 31.2 Å². The molecule has 4 nitrogen and oxygen atoms in total. The van der Waals surface area contributed by atoms with Crippen molar-refractivity contribution in [1.82, 2.24) is 15.1 Å². The molecule has 98 valence electrons. The van der Waals surface area contributed by atoms with Gasteiger partial charge >= 0.3 is 0 Å². The Bertz CT molecular complexity index is 360. The molecule has 2 atom stereocenters. The quantitative estimate of drug-likeness (QED) is 0.797. The zero-order valence-electron chi connectivity index (χ0n) is 11.6. The number of nitrogens with zero attached hydrogens (tertiary/aromatic N) is 2. The Hall–Kier alpha value is -0.870. The molecule has 0 radical (unpaired) electrons. The maximum absolute atomic E-state index is 9.56. The summed E-state index contributed by atoms with van der Waals surface area (Å²) in [5.41, 5.74) is 3.56. The first-order chi connectivity index (χ1) is 8.01. The molecule has 1 aromatic heterocycles. The van der Waals surface area contributed by atoms with Crippen molar-refractivity contribution in [1.29, 1.82) is 0 Å². The summed E-state index contributed by atoms with van der Waals surface area (Å²) in [7, 11) is 0. The Kier molecular flexibility index (Phi) is 5.15. The first-order valence-corrected chi connectivity index (χ1v) is 6.46. The molecule has 0 aromatic carbocycles. The standard InChI is InChI=1S/C13H25N3O/c1-6-12(17)8-14-9(3)13-10(4)15-16(7-2)11(13)5/h9,12,14,17H,6-8H2,1-5H3. The molecule has 0 saturated heterocycles. The zero-order valence-corrected chi connectivity index (χ0v) is 11.6. The average molecular weight is 239 g/mol. The Morgan fingerprint density at radius 1 is 1.35 bits per heavy atom. The van der Waals surface area contributed by atoms with Gasteiger partial charge in [-0.2, -0.15) is 5.10 Å². The van der Waals surface area contributed by atoms with Crippen molar-refractivity contribution in [3.05, 3.63) is 17.0 Å². The van der Waals surface area contributed by atoms with Gasteiger partial charge in [0.1, 0.15) is 0 Å². The Morgan fingerprint density at radius 3 is 2.47 bits per heavy atom. The predicted molar refractivity (Wildman–Crippen MR) is 70.1 cm³/mol. The first-order valence-electron chi connectivity index (χ1n) is 6.46. The van der Waals surface area contributed by atoms with Gasteiger partial charge in [-0.1, -0.05) is 6.92 Å². The molecule has 0 aliphatic rings. The highest BCUT2D eigenvalue weighted by Crippen LogP contribution is 2.21. The lowest BCUT2D eigenvalue weighted by Crippen LogP contribution is -2.29. The molecule has 1 rings (SSSR count). The molecular formula is C13H25N3O. The van der Waals surface area contributed by atoms with E-state index in [-0.39, 0.29) is 12.1 Å². The fourth-order valence-electron chi connectivity index (χ4n) is 2.20. The minimum Gasteiger partial charge on any atom is -0.392 e. The third-order valence-electron chi connectivity index (χ3n) is 3.30. The van der Waals surface area contributed by atoms with Crippen LogP contribution >= 0.6 is 0 Å². The molecular weight excluding hydrogens is 214 g/mol. The number of aliphatic hydroxyl groups excluding tert-OH is 1. The van der Waals surface area contributed by atoms with Crippen LogP contribution in [0.2, 0.25) is 0 Å². The molecule has 0 fully saturated rings. The van der Waals surface area contributed by atoms with Crippen molar-refractivity contribution in [2.45, 2.75) is 59.7 Å². The number of hydrogen-bond donors (Lipinski definition) is 2. The van der Waals surface area contributed by atoms with Crippen LogP contribution in [0.4, 0.5) is 0 Å². The van der Waals surface area contributed by atoms with Gasteiger partial charge < -0.3 is 10.4 Å². The Morgan fingerprint density at radius 2 is 2.00 bits per heavy atom. The third kappa shape index (κ3) is 3.30. The summed E-state index contributed by atoms with van der Waals surface area (Å²) in [4.78, 5) is 0. The Labute approximate surface area is 104 Å². The average Bonchev–Trinajstić information content (AvgIpc) is 2.60. The maximum atomic E-state index is 9.56. The van der Waals surface area contributed by atoms with Crippen LogP contribution in [-0.2, 0) is 6.54 Å². The molecule has 0 amide bonds. The summed E-state index contributed by atoms with van der Waals surface area (Å²) >= 11 is 0. The molecule has 1 aromatic rings. The van der Waals surface area contributed by atoms with E-state index < -0.39 is 0 Å². The molecule has 4 heteroatoms. The summed E-state index contributed by atoms with van der Waals surface area (Å²) in [5, 5.41) is 17.4. The topological polar surface area (TPSA) is 50.1 Å². The van der Waals surface area contributed by atoms with Crippen LogP contribution < -0.4 is 5.32 Å². The van der Waals surface area contributed by atoms with E-state index in [0.29, 0.717) is 6.54 Å². The van der Waals surface area contributed by atoms with Gasteiger partial charge in [0.15, 0.2) is 0 Å². The van der Waals surface area contributed by atoms with E-state index in [1.807, 2.05) is 18.5 Å². The number of rotatable bonds is 6. The van der Waals surface area contributed by atoms with Crippen molar-refractivity contribution in [3.63, 3.8) is 0 Å². The molecule has 0 bridgehead atoms. The van der Waals surface area contributed by atoms with Gasteiger partial charge in [0.2, 0.25) is 0 Å². The van der Waals surface area contributed by atoms with Crippen LogP contribution in [0.25, 0.3) is 0 Å². The third-order valence-corrected chi connectivity index (χ3v) is 3.30. The lowest BCUT2D eigenvalue weighted by atomic mass is 10.1. The normalized spacial score (nSPS) is 14.9. The second-order valence-electron chi connectivity index (χ2n) is 4.59. The lowest BCUT2D eigenvalue weighted by molar-refractivity contribution is 0.163. The number of nitrogens with one attached hydrogen (secondary N) is 1. The largest absolute Gasteiger partial charge is 0.392 e. The molecule has 0 saturated carbocycles. The van der Waals surface area contributed by atoms with Gasteiger partial charge in [-0.25, -0.2) is 0 Å². The fourth-order valence-corrected chi connectivity index (χ4v) is 2.20. The molecule has 2 unspecified atom stereocenters. The molecule has 0 aliphatic carbocycles.